The molecule has 0 atom stereocenters. The van der Waals surface area contributed by atoms with Crippen LogP contribution < -0.4 is 4.90 Å². The number of anilines is 1. The first-order chi connectivity index (χ1) is 11.7. The van der Waals surface area contributed by atoms with Crippen LogP contribution >= 0.6 is 0 Å². The number of amides is 2. The summed E-state index contributed by atoms with van der Waals surface area (Å²) in [5, 5.41) is 0. The summed E-state index contributed by atoms with van der Waals surface area (Å²) in [4.78, 5) is 29.1. The Morgan fingerprint density at radius 1 is 1.17 bits per heavy atom. The lowest BCUT2D eigenvalue weighted by Gasteiger charge is -2.22. The summed E-state index contributed by atoms with van der Waals surface area (Å²) in [6.45, 7) is 6.65. The third-order valence-corrected chi connectivity index (χ3v) is 5.24. The zero-order chi connectivity index (χ0) is 17.1. The highest BCUT2D eigenvalue weighted by atomic mass is 16.2. The van der Waals surface area contributed by atoms with Crippen LogP contribution in [0.3, 0.4) is 0 Å². The molecule has 0 spiro atoms. The third kappa shape index (κ3) is 3.10. The van der Waals surface area contributed by atoms with Gasteiger partial charge in [0.05, 0.1) is 11.3 Å². The molecule has 3 rings (SSSR count). The average Bonchev–Trinajstić information content (AvgIpc) is 3.22. The van der Waals surface area contributed by atoms with Gasteiger partial charge in [0.2, 0.25) is 5.91 Å². The molecule has 0 aromatic heterocycles. The number of likely N-dealkylation sites (tertiary alicyclic amines) is 1. The van der Waals surface area contributed by atoms with E-state index in [9.17, 15) is 9.59 Å². The molecule has 2 aliphatic rings. The number of hydrogen-bond donors (Lipinski definition) is 0. The van der Waals surface area contributed by atoms with Gasteiger partial charge in [-0.2, -0.15) is 0 Å². The first-order valence-electron chi connectivity index (χ1n) is 9.07. The van der Waals surface area contributed by atoms with Crippen LogP contribution in [0.5, 0.6) is 0 Å². The Kier molecular flexibility index (Phi) is 5.03. The molecule has 0 aliphatic carbocycles. The van der Waals surface area contributed by atoms with E-state index in [1.165, 1.54) is 0 Å². The lowest BCUT2D eigenvalue weighted by molar-refractivity contribution is -0.125. The quantitative estimate of drug-likeness (QED) is 0.777. The number of rotatable bonds is 5. The Labute approximate surface area is 144 Å². The van der Waals surface area contributed by atoms with Crippen LogP contribution in [-0.2, 0) is 9.59 Å². The largest absolute Gasteiger partial charge is 0.339 e. The maximum atomic E-state index is 13.0. The van der Waals surface area contributed by atoms with Gasteiger partial charge in [-0.25, -0.2) is 0 Å². The number of carbonyl (C=O) groups excluding carboxylic acids is 2. The molecule has 0 radical (unpaired) electrons. The number of nitrogens with zero attached hydrogens (tertiary/aromatic N) is 2. The van der Waals surface area contributed by atoms with Crippen molar-refractivity contribution in [1.29, 1.82) is 0 Å². The van der Waals surface area contributed by atoms with Crippen LogP contribution in [0, 0.1) is 5.92 Å². The summed E-state index contributed by atoms with van der Waals surface area (Å²) in [6, 6.07) is 7.82. The summed E-state index contributed by atoms with van der Waals surface area (Å²) in [5.41, 5.74) is 2.38. The molecule has 1 aromatic rings. The number of carbonyl (C=O) groups is 2. The van der Waals surface area contributed by atoms with Crippen LogP contribution in [-0.4, -0.2) is 36.3 Å². The van der Waals surface area contributed by atoms with Crippen LogP contribution in [0.1, 0.15) is 45.1 Å². The summed E-state index contributed by atoms with van der Waals surface area (Å²) < 4.78 is 0. The van der Waals surface area contributed by atoms with Gasteiger partial charge in [0.15, 0.2) is 0 Å². The second-order valence-electron chi connectivity index (χ2n) is 6.71. The normalized spacial score (nSPS) is 18.8. The fourth-order valence-corrected chi connectivity index (χ4v) is 3.58. The lowest BCUT2D eigenvalue weighted by Crippen LogP contribution is -2.32. The molecule has 2 amide bonds. The summed E-state index contributed by atoms with van der Waals surface area (Å²) in [7, 11) is 0. The molecule has 24 heavy (non-hydrogen) atoms. The molecule has 1 saturated heterocycles. The smallest absolute Gasteiger partial charge is 0.259 e. The zero-order valence-corrected chi connectivity index (χ0v) is 14.6. The van der Waals surface area contributed by atoms with Gasteiger partial charge in [-0.15, -0.1) is 0 Å². The summed E-state index contributed by atoms with van der Waals surface area (Å²) >= 11 is 0. The molecule has 4 nitrogen and oxygen atoms in total. The Morgan fingerprint density at radius 2 is 1.83 bits per heavy atom. The Bertz CT molecular complexity index is 655. The van der Waals surface area contributed by atoms with Crippen molar-refractivity contribution in [3.63, 3.8) is 0 Å². The fraction of sp³-hybridized carbons (Fsp3) is 0.500. The highest BCUT2D eigenvalue weighted by Gasteiger charge is 2.34. The topological polar surface area (TPSA) is 40.6 Å². The van der Waals surface area contributed by atoms with Crippen molar-refractivity contribution >= 4 is 23.1 Å². The summed E-state index contributed by atoms with van der Waals surface area (Å²) in [6.07, 6.45) is 5.77. The van der Waals surface area contributed by atoms with Gasteiger partial charge < -0.3 is 9.80 Å². The maximum absolute atomic E-state index is 13.0. The predicted octanol–water partition coefficient (Wildman–Crippen LogP) is 3.48. The number of benzene rings is 1. The van der Waals surface area contributed by atoms with Gasteiger partial charge in [0.1, 0.15) is 0 Å². The van der Waals surface area contributed by atoms with Crippen LogP contribution in [0.25, 0.3) is 5.57 Å². The molecule has 0 bridgehead atoms. The molecule has 2 heterocycles. The van der Waals surface area contributed by atoms with Gasteiger partial charge in [-0.1, -0.05) is 44.9 Å². The first-order valence-corrected chi connectivity index (χ1v) is 9.07. The second-order valence-corrected chi connectivity index (χ2v) is 6.71. The van der Waals surface area contributed by atoms with E-state index < -0.39 is 0 Å². The van der Waals surface area contributed by atoms with Gasteiger partial charge in [-0.3, -0.25) is 9.59 Å². The Hall–Kier alpha value is -2.10. The molecule has 2 aliphatic heterocycles. The highest BCUT2D eigenvalue weighted by Crippen LogP contribution is 2.37. The number of hydrogen-bond acceptors (Lipinski definition) is 2. The van der Waals surface area contributed by atoms with Crippen molar-refractivity contribution < 1.29 is 9.59 Å². The highest BCUT2D eigenvalue weighted by molar-refractivity contribution is 6.34. The first kappa shape index (κ1) is 16.7. The van der Waals surface area contributed by atoms with Crippen molar-refractivity contribution in [1.82, 2.24) is 4.90 Å². The van der Waals surface area contributed by atoms with E-state index in [0.717, 1.165) is 56.6 Å². The molecular weight excluding hydrogens is 300 g/mol. The Balaban J connectivity index is 1.90. The van der Waals surface area contributed by atoms with E-state index in [1.54, 1.807) is 6.08 Å². The second kappa shape index (κ2) is 7.20. The van der Waals surface area contributed by atoms with Crippen molar-refractivity contribution in [2.45, 2.75) is 39.5 Å². The van der Waals surface area contributed by atoms with Crippen LogP contribution in [0.2, 0.25) is 0 Å². The van der Waals surface area contributed by atoms with E-state index in [2.05, 4.69) is 13.8 Å². The lowest BCUT2D eigenvalue weighted by atomic mass is 10.0. The minimum Gasteiger partial charge on any atom is -0.339 e. The van der Waals surface area contributed by atoms with E-state index in [4.69, 9.17) is 0 Å². The molecule has 0 unspecified atom stereocenters. The monoisotopic (exact) mass is 326 g/mol. The Morgan fingerprint density at radius 3 is 2.50 bits per heavy atom. The molecule has 1 aromatic carbocycles. The van der Waals surface area contributed by atoms with Gasteiger partial charge in [0.25, 0.3) is 5.91 Å². The predicted molar refractivity (Wildman–Crippen MR) is 96.7 cm³/mol. The molecule has 4 heteroatoms. The number of fused-ring (bicyclic) bond motifs is 1. The van der Waals surface area contributed by atoms with E-state index in [-0.39, 0.29) is 11.8 Å². The molecule has 0 N–H and O–H groups in total. The molecule has 1 fully saturated rings. The third-order valence-electron chi connectivity index (χ3n) is 5.24. The minimum absolute atomic E-state index is 0.0318. The number of para-hydroxylation sites is 1. The minimum atomic E-state index is -0.0324. The fourth-order valence-electron chi connectivity index (χ4n) is 3.58. The van der Waals surface area contributed by atoms with Gasteiger partial charge in [0, 0.05) is 31.3 Å². The maximum Gasteiger partial charge on any atom is 0.259 e. The molecular formula is C20H26N2O2. The van der Waals surface area contributed by atoms with E-state index in [0.29, 0.717) is 11.5 Å². The van der Waals surface area contributed by atoms with Gasteiger partial charge in [-0.05, 0) is 24.8 Å². The average molecular weight is 326 g/mol. The summed E-state index contributed by atoms with van der Waals surface area (Å²) in [5.74, 6) is 0.418. The van der Waals surface area contributed by atoms with Crippen molar-refractivity contribution in [3.8, 4) is 0 Å². The zero-order valence-electron chi connectivity index (χ0n) is 14.6. The van der Waals surface area contributed by atoms with Crippen LogP contribution in [0.15, 0.2) is 30.3 Å². The van der Waals surface area contributed by atoms with Crippen molar-refractivity contribution in [2.24, 2.45) is 5.92 Å². The molecule has 128 valence electrons. The molecule has 0 saturated carbocycles. The van der Waals surface area contributed by atoms with Gasteiger partial charge >= 0.3 is 0 Å². The van der Waals surface area contributed by atoms with Crippen LogP contribution in [0.4, 0.5) is 5.69 Å². The van der Waals surface area contributed by atoms with E-state index in [1.807, 2.05) is 34.1 Å². The van der Waals surface area contributed by atoms with E-state index >= 15 is 0 Å². The van der Waals surface area contributed by atoms with Crippen molar-refractivity contribution in [3.05, 3.63) is 35.9 Å². The SMILES string of the molecule is CCC(CC)CN1C(=O)/C(=C/C(=O)N2CCCC2)c2ccccc21. The van der Waals surface area contributed by atoms with Crippen molar-refractivity contribution in [2.75, 3.05) is 24.5 Å². The standard InChI is InChI=1S/C20H26N2O2/c1-3-15(4-2)14-22-18-10-6-5-9-16(18)17(20(22)24)13-19(23)21-11-7-8-12-21/h5-6,9-10,13,15H,3-4,7-8,11-12,14H2,1-2H3/b17-13+.